The van der Waals surface area contributed by atoms with E-state index < -0.39 is 15.4 Å². The van der Waals surface area contributed by atoms with Gasteiger partial charge < -0.3 is 9.09 Å². The summed E-state index contributed by atoms with van der Waals surface area (Å²) in [5.41, 5.74) is 3.67. The third-order valence-electron chi connectivity index (χ3n) is 5.45. The fourth-order valence-corrected chi connectivity index (χ4v) is 11.7. The second-order valence-electron chi connectivity index (χ2n) is 7.02. The fourth-order valence-electron chi connectivity index (χ4n) is 4.45. The highest BCUT2D eigenvalue weighted by Crippen LogP contribution is 2.79. The minimum absolute atomic E-state index is 0.209. The van der Waals surface area contributed by atoms with E-state index in [1.165, 1.54) is 11.1 Å². The summed E-state index contributed by atoms with van der Waals surface area (Å²) in [7, 11) is 0.811. The Morgan fingerprint density at radius 2 is 1.83 bits per heavy atom. The molecule has 3 aliphatic heterocycles. The molecule has 0 spiro atoms. The highest BCUT2D eigenvalue weighted by Gasteiger charge is 2.64. The van der Waals surface area contributed by atoms with Crippen LogP contribution >= 0.6 is 15.4 Å². The predicted molar refractivity (Wildman–Crippen MR) is 97.7 cm³/mol. The van der Waals surface area contributed by atoms with Crippen LogP contribution in [0.25, 0.3) is 0 Å². The van der Waals surface area contributed by atoms with Crippen LogP contribution in [0, 0.1) is 5.92 Å². The summed E-state index contributed by atoms with van der Waals surface area (Å²) in [5, 5.41) is 0. The molecule has 2 bridgehead atoms. The predicted octanol–water partition coefficient (Wildman–Crippen LogP) is 4.91. The van der Waals surface area contributed by atoms with Gasteiger partial charge in [-0.05, 0) is 45.9 Å². The lowest BCUT2D eigenvalue weighted by Crippen LogP contribution is -2.31. The maximum absolute atomic E-state index is 13.6. The molecule has 0 aliphatic carbocycles. The molecule has 3 nitrogen and oxygen atoms in total. The Labute approximate surface area is 139 Å². The van der Waals surface area contributed by atoms with Crippen LogP contribution in [0.15, 0.2) is 53.4 Å². The summed E-state index contributed by atoms with van der Waals surface area (Å²) in [6.45, 7) is 4.38. The number of allylic oxidation sites excluding steroid dienone is 3. The smallest absolute Gasteiger partial charge is 0.175 e. The van der Waals surface area contributed by atoms with Gasteiger partial charge in [0.15, 0.2) is 7.29 Å². The molecule has 0 saturated carbocycles. The Morgan fingerprint density at radius 3 is 2.48 bits per heavy atom. The summed E-state index contributed by atoms with van der Waals surface area (Å²) >= 11 is 0. The topological polar surface area (TPSA) is 29.5 Å². The van der Waals surface area contributed by atoms with Gasteiger partial charge in [0.05, 0.1) is 5.66 Å². The van der Waals surface area contributed by atoms with Gasteiger partial charge in [-0.15, -0.1) is 0 Å². The van der Waals surface area contributed by atoms with Crippen molar-refractivity contribution in [3.63, 3.8) is 0 Å². The van der Waals surface area contributed by atoms with Gasteiger partial charge in [-0.2, -0.15) is 0 Å². The number of benzene rings is 1. The molecule has 3 aliphatic rings. The quantitative estimate of drug-likeness (QED) is 0.574. The molecule has 122 valence electrons. The first-order chi connectivity index (χ1) is 10.9. The Morgan fingerprint density at radius 1 is 1.13 bits per heavy atom. The zero-order valence-corrected chi connectivity index (χ0v) is 15.8. The summed E-state index contributed by atoms with van der Waals surface area (Å²) in [6.07, 6.45) is 2.35. The van der Waals surface area contributed by atoms with E-state index in [-0.39, 0.29) is 5.66 Å². The molecular weight excluding hydrogens is 324 g/mol. The molecule has 0 N–H and O–H groups in total. The minimum atomic E-state index is -2.45. The van der Waals surface area contributed by atoms with Gasteiger partial charge in [0.25, 0.3) is 0 Å². The maximum Gasteiger partial charge on any atom is 0.175 e. The number of nitrogens with zero attached hydrogens (tertiary/aromatic N) is 1. The molecule has 6 atom stereocenters. The maximum atomic E-state index is 13.6. The average molecular weight is 347 g/mol. The zero-order valence-electron chi connectivity index (χ0n) is 14.0. The summed E-state index contributed by atoms with van der Waals surface area (Å²) in [4.78, 5) is 0. The molecule has 5 heteroatoms. The second kappa shape index (κ2) is 5.31. The number of hydrogen-bond donors (Lipinski definition) is 0. The summed E-state index contributed by atoms with van der Waals surface area (Å²) in [6, 6.07) is 10.1. The van der Waals surface area contributed by atoms with Crippen LogP contribution in [0.4, 0.5) is 0 Å². The van der Waals surface area contributed by atoms with Gasteiger partial charge in [-0.25, -0.2) is 0 Å². The standard InChI is InChI=1S/C18H23NO2P2/c1-12-10-15-18-16(13(2)11-23(18,20)19(3)4)17(12)22(15)21-14-8-6-5-7-9-14/h5-11,15-18H,1-4H3/t15-,16-,17+,18+,22?,23?/m0/s1. The van der Waals surface area contributed by atoms with Crippen LogP contribution in [0.1, 0.15) is 13.8 Å². The molecule has 2 unspecified atom stereocenters. The third-order valence-corrected chi connectivity index (χ3v) is 12.0. The molecule has 1 aromatic carbocycles. The number of fused-ring (bicyclic) bond motifs is 5. The van der Waals surface area contributed by atoms with Gasteiger partial charge in [0, 0.05) is 17.2 Å². The highest BCUT2D eigenvalue weighted by molar-refractivity contribution is 7.68. The Kier molecular flexibility index (Phi) is 3.61. The van der Waals surface area contributed by atoms with Crippen molar-refractivity contribution in [2.75, 3.05) is 14.1 Å². The van der Waals surface area contributed by atoms with Gasteiger partial charge in [-0.1, -0.05) is 35.4 Å². The summed E-state index contributed by atoms with van der Waals surface area (Å²) < 4.78 is 22.0. The van der Waals surface area contributed by atoms with Crippen LogP contribution < -0.4 is 4.52 Å². The van der Waals surface area contributed by atoms with Crippen molar-refractivity contribution >= 4 is 15.4 Å². The highest BCUT2D eigenvalue weighted by atomic mass is 31.2. The van der Waals surface area contributed by atoms with E-state index in [1.807, 2.05) is 49.1 Å². The van der Waals surface area contributed by atoms with Crippen molar-refractivity contribution in [1.29, 1.82) is 0 Å². The SMILES string of the molecule is CC1=CP(=O)(N(C)C)[C@H]2[C@@H]1[C@H]1C(C)=C[C@@H]2P1Oc1ccccc1. The second-order valence-corrected chi connectivity index (χ2v) is 12.1. The molecule has 0 aromatic heterocycles. The first kappa shape index (κ1) is 15.6. The average Bonchev–Trinajstić information content (AvgIpc) is 3.08. The van der Waals surface area contributed by atoms with Crippen LogP contribution in [-0.2, 0) is 4.57 Å². The lowest BCUT2D eigenvalue weighted by Gasteiger charge is -2.31. The van der Waals surface area contributed by atoms with Crippen LogP contribution in [-0.4, -0.2) is 35.7 Å². The van der Waals surface area contributed by atoms with Crippen LogP contribution in [0.2, 0.25) is 0 Å². The molecule has 3 heterocycles. The largest absolute Gasteiger partial charge is 0.473 e. The Hall–Kier alpha value is -0.880. The van der Waals surface area contributed by atoms with Gasteiger partial charge in [0.2, 0.25) is 0 Å². The first-order valence-electron chi connectivity index (χ1n) is 8.10. The van der Waals surface area contributed by atoms with Crippen molar-refractivity contribution in [3.8, 4) is 5.75 Å². The van der Waals surface area contributed by atoms with Crippen molar-refractivity contribution in [2.45, 2.75) is 30.8 Å². The van der Waals surface area contributed by atoms with E-state index >= 15 is 0 Å². The molecule has 1 fully saturated rings. The van der Waals surface area contributed by atoms with E-state index in [2.05, 4.69) is 25.7 Å². The monoisotopic (exact) mass is 347 g/mol. The molecule has 4 rings (SSSR count). The van der Waals surface area contributed by atoms with Gasteiger partial charge in [-0.3, -0.25) is 4.67 Å². The van der Waals surface area contributed by atoms with Gasteiger partial charge >= 0.3 is 0 Å². The van der Waals surface area contributed by atoms with E-state index in [0.717, 1.165) is 5.75 Å². The summed E-state index contributed by atoms with van der Waals surface area (Å²) in [5.74, 6) is 3.41. The van der Waals surface area contributed by atoms with Crippen molar-refractivity contribution in [3.05, 3.63) is 53.4 Å². The minimum Gasteiger partial charge on any atom is -0.473 e. The Balaban J connectivity index is 1.72. The molecule has 23 heavy (non-hydrogen) atoms. The number of rotatable bonds is 3. The zero-order chi connectivity index (χ0) is 16.4. The lowest BCUT2D eigenvalue weighted by molar-refractivity contribution is 0.493. The van der Waals surface area contributed by atoms with Gasteiger partial charge in [0.1, 0.15) is 13.9 Å². The van der Waals surface area contributed by atoms with Crippen molar-refractivity contribution < 1.29 is 9.09 Å². The molecule has 1 aromatic rings. The fraction of sp³-hybridized carbons (Fsp3) is 0.444. The Bertz CT molecular complexity index is 741. The van der Waals surface area contributed by atoms with Crippen LogP contribution in [0.5, 0.6) is 5.75 Å². The van der Waals surface area contributed by atoms with Crippen molar-refractivity contribution in [2.24, 2.45) is 5.92 Å². The van der Waals surface area contributed by atoms with Crippen LogP contribution in [0.3, 0.4) is 0 Å². The lowest BCUT2D eigenvalue weighted by atomic mass is 9.85. The van der Waals surface area contributed by atoms with E-state index in [4.69, 9.17) is 4.52 Å². The van der Waals surface area contributed by atoms with Crippen molar-refractivity contribution in [1.82, 2.24) is 4.67 Å². The molecule has 0 radical (unpaired) electrons. The first-order valence-corrected chi connectivity index (χ1v) is 11.3. The number of hydrogen-bond acceptors (Lipinski definition) is 2. The van der Waals surface area contributed by atoms with E-state index in [9.17, 15) is 4.57 Å². The van der Waals surface area contributed by atoms with E-state index in [0.29, 0.717) is 17.2 Å². The molecule has 1 saturated heterocycles. The molecular formula is C18H23NO2P2. The molecule has 0 amide bonds. The number of para-hydroxylation sites is 1. The van der Waals surface area contributed by atoms with E-state index in [1.54, 1.807) is 0 Å². The third kappa shape index (κ3) is 2.14. The normalized spacial score (nSPS) is 41.0.